The number of rotatable bonds is 4. The Morgan fingerprint density at radius 1 is 1.27 bits per heavy atom. The van der Waals surface area contributed by atoms with Crippen LogP contribution in [0.15, 0.2) is 11.7 Å². The summed E-state index contributed by atoms with van der Waals surface area (Å²) < 4.78 is 2.11. The van der Waals surface area contributed by atoms with Crippen molar-refractivity contribution in [2.24, 2.45) is 0 Å². The van der Waals surface area contributed by atoms with Gasteiger partial charge < -0.3 is 10.8 Å². The summed E-state index contributed by atoms with van der Waals surface area (Å²) in [4.78, 5) is 9.53. The van der Waals surface area contributed by atoms with Crippen LogP contribution in [0.4, 0.5) is 5.82 Å². The third-order valence-corrected chi connectivity index (χ3v) is 4.00. The molecule has 0 aliphatic carbocycles. The fourth-order valence-corrected chi connectivity index (χ4v) is 2.75. The molecular formula is C12H18Ca3ClN4OS+7. The van der Waals surface area contributed by atoms with Gasteiger partial charge in [0.2, 0.25) is 5.51 Å². The smallest absolute Gasteiger partial charge is 0.396 e. The van der Waals surface area contributed by atoms with E-state index >= 15 is 0 Å². The number of thiazole rings is 1. The van der Waals surface area contributed by atoms with Gasteiger partial charge in [-0.05, 0) is 6.92 Å². The Morgan fingerprint density at radius 3 is 2.45 bits per heavy atom. The Balaban J connectivity index is -0.000000902. The van der Waals surface area contributed by atoms with E-state index in [1.54, 1.807) is 17.5 Å². The summed E-state index contributed by atoms with van der Waals surface area (Å²) >= 11 is 1.65. The molecule has 5 nitrogen and oxygen atoms in total. The topological polar surface area (TPSA) is 75.9 Å². The molecule has 2 heterocycles. The van der Waals surface area contributed by atoms with Crippen LogP contribution >= 0.6 is 23.7 Å². The SMILES string of the molecule is Cc1ncc(C[n+]2csc(CCO)c2C)c(N)n1.Cl.[Ca+2].[Ca+2].[Ca+2]. The maximum atomic E-state index is 8.98. The molecule has 10 heteroatoms. The number of aliphatic hydroxyl groups is 1. The number of hydrogen-bond donors (Lipinski definition) is 2. The van der Waals surface area contributed by atoms with Gasteiger partial charge in [0.15, 0.2) is 12.2 Å². The van der Waals surface area contributed by atoms with Crippen LogP contribution in [0, 0.1) is 13.8 Å². The number of aliphatic hydroxyl groups excluding tert-OH is 1. The second-order valence-corrected chi connectivity index (χ2v) is 5.10. The standard InChI is InChI=1S/C12H17N4OS.3Ca.ClH/c1-8-11(3-4-17)18-7-16(8)6-10-5-14-9(2)15-12(10)13;;;;/h5,7,17H,3-4,6H2,1-2H3,(H2,13,14,15);;;;1H/q+1;3*+2;. The zero-order valence-corrected chi connectivity index (χ0v) is 21.3. The van der Waals surface area contributed by atoms with Crippen LogP contribution in [-0.2, 0) is 13.0 Å². The minimum atomic E-state index is 0. The predicted molar refractivity (Wildman–Crippen MR) is 94.8 cm³/mol. The van der Waals surface area contributed by atoms with Crippen molar-refractivity contribution >= 4 is 143 Å². The van der Waals surface area contributed by atoms with Crippen LogP contribution in [0.1, 0.15) is 22.0 Å². The van der Waals surface area contributed by atoms with Crippen molar-refractivity contribution < 1.29 is 9.67 Å². The third-order valence-electron chi connectivity index (χ3n) is 2.85. The zero-order valence-electron chi connectivity index (χ0n) is 13.1. The van der Waals surface area contributed by atoms with Crippen molar-refractivity contribution in [2.75, 3.05) is 12.3 Å². The van der Waals surface area contributed by atoms with Crippen LogP contribution < -0.4 is 10.3 Å². The van der Waals surface area contributed by atoms with Crippen molar-refractivity contribution in [3.8, 4) is 0 Å². The van der Waals surface area contributed by atoms with E-state index in [-0.39, 0.29) is 132 Å². The molecule has 0 aromatic carbocycles. The summed E-state index contributed by atoms with van der Waals surface area (Å²) in [5.74, 6) is 1.22. The normalized spacial score (nSPS) is 8.86. The monoisotopic (exact) mass is 421 g/mol. The van der Waals surface area contributed by atoms with E-state index < -0.39 is 0 Å². The minimum absolute atomic E-state index is 0. The molecule has 0 spiro atoms. The van der Waals surface area contributed by atoms with E-state index in [2.05, 4.69) is 14.5 Å². The number of nitrogens with zero attached hydrogens (tertiary/aromatic N) is 3. The Labute approximate surface area is 230 Å². The van der Waals surface area contributed by atoms with E-state index in [9.17, 15) is 0 Å². The molecule has 0 atom stereocenters. The molecule has 0 bridgehead atoms. The van der Waals surface area contributed by atoms with Gasteiger partial charge >= 0.3 is 113 Å². The van der Waals surface area contributed by atoms with Crippen molar-refractivity contribution in [2.45, 2.75) is 26.8 Å². The molecule has 2 aromatic rings. The Kier molecular flexibility index (Phi) is 19.6. The molecule has 0 saturated carbocycles. The summed E-state index contributed by atoms with van der Waals surface area (Å²) in [6.07, 6.45) is 2.47. The number of aryl methyl sites for hydroxylation is 1. The zero-order chi connectivity index (χ0) is 13.1. The van der Waals surface area contributed by atoms with Gasteiger partial charge in [-0.3, -0.25) is 0 Å². The molecule has 2 rings (SSSR count). The first-order valence-electron chi connectivity index (χ1n) is 5.77. The first kappa shape index (κ1) is 29.3. The average molecular weight is 422 g/mol. The van der Waals surface area contributed by atoms with E-state index in [0.717, 1.165) is 11.3 Å². The first-order chi connectivity index (χ1) is 8.61. The van der Waals surface area contributed by atoms with E-state index in [1.807, 2.05) is 19.4 Å². The van der Waals surface area contributed by atoms with Crippen LogP contribution in [0.25, 0.3) is 0 Å². The van der Waals surface area contributed by atoms with Crippen LogP contribution in [-0.4, -0.2) is 135 Å². The van der Waals surface area contributed by atoms with Gasteiger partial charge in [-0.1, -0.05) is 11.3 Å². The molecule has 0 fully saturated rings. The largest absolute Gasteiger partial charge is 2.00 e. The van der Waals surface area contributed by atoms with Gasteiger partial charge in [-0.2, -0.15) is 4.57 Å². The fraction of sp³-hybridized carbons (Fsp3) is 0.417. The van der Waals surface area contributed by atoms with E-state index in [4.69, 9.17) is 10.8 Å². The molecule has 0 aliphatic heterocycles. The summed E-state index contributed by atoms with van der Waals surface area (Å²) in [6, 6.07) is 0. The maximum absolute atomic E-state index is 8.98. The number of nitrogens with two attached hydrogens (primary N) is 1. The van der Waals surface area contributed by atoms with Gasteiger partial charge in [0.05, 0.1) is 10.4 Å². The Morgan fingerprint density at radius 2 is 1.91 bits per heavy atom. The minimum Gasteiger partial charge on any atom is -0.396 e. The Hall–Kier alpha value is 2.54. The molecule has 0 unspecified atom stereocenters. The number of hydrogen-bond acceptors (Lipinski definition) is 5. The van der Waals surface area contributed by atoms with Gasteiger partial charge in [-0.15, -0.1) is 12.4 Å². The quantitative estimate of drug-likeness (QED) is 0.533. The summed E-state index contributed by atoms with van der Waals surface area (Å²) in [5, 5.41) is 8.98. The average Bonchev–Trinajstić information content (AvgIpc) is 2.66. The summed E-state index contributed by atoms with van der Waals surface area (Å²) in [5.41, 5.74) is 10.0. The fourth-order valence-electron chi connectivity index (χ4n) is 1.77. The molecule has 0 saturated heterocycles. The van der Waals surface area contributed by atoms with Gasteiger partial charge in [0.1, 0.15) is 11.6 Å². The van der Waals surface area contributed by atoms with Gasteiger partial charge in [0.25, 0.3) is 0 Å². The van der Waals surface area contributed by atoms with Crippen molar-refractivity contribution in [3.05, 3.63) is 33.7 Å². The second kappa shape index (κ2) is 14.7. The number of nitrogen functional groups attached to an aromatic ring is 1. The van der Waals surface area contributed by atoms with Crippen LogP contribution in [0.5, 0.6) is 0 Å². The van der Waals surface area contributed by atoms with E-state index in [1.165, 1.54) is 4.88 Å². The third kappa shape index (κ3) is 8.28. The van der Waals surface area contributed by atoms with Gasteiger partial charge in [-0.25, -0.2) is 9.97 Å². The number of halogens is 1. The Bertz CT molecular complexity index is 571. The van der Waals surface area contributed by atoms with Crippen molar-refractivity contribution in [1.82, 2.24) is 9.97 Å². The molecule has 22 heavy (non-hydrogen) atoms. The molecule has 104 valence electrons. The molecule has 0 aliphatic rings. The molecular weight excluding hydrogens is 404 g/mol. The summed E-state index contributed by atoms with van der Waals surface area (Å²) in [7, 11) is 0. The molecule has 2 aromatic heterocycles. The van der Waals surface area contributed by atoms with Crippen molar-refractivity contribution in [3.63, 3.8) is 0 Å². The molecule has 3 N–H and O–H groups in total. The predicted octanol–water partition coefficient (Wildman–Crippen LogP) is -0.113. The molecule has 0 amide bonds. The number of anilines is 1. The molecule has 0 radical (unpaired) electrons. The van der Waals surface area contributed by atoms with Crippen LogP contribution in [0.2, 0.25) is 0 Å². The van der Waals surface area contributed by atoms with Crippen LogP contribution in [0.3, 0.4) is 0 Å². The number of aromatic nitrogens is 3. The first-order valence-corrected chi connectivity index (χ1v) is 6.65. The maximum Gasteiger partial charge on any atom is 2.00 e. The summed E-state index contributed by atoms with van der Waals surface area (Å²) in [6.45, 7) is 4.71. The second-order valence-electron chi connectivity index (χ2n) is 4.16. The van der Waals surface area contributed by atoms with Crippen molar-refractivity contribution in [1.29, 1.82) is 0 Å². The van der Waals surface area contributed by atoms with Gasteiger partial charge in [0, 0.05) is 26.1 Å². The van der Waals surface area contributed by atoms with E-state index in [0.29, 0.717) is 24.6 Å².